The van der Waals surface area contributed by atoms with Crippen molar-refractivity contribution in [2.75, 3.05) is 13.7 Å². The van der Waals surface area contributed by atoms with Crippen molar-refractivity contribution >= 4 is 17.8 Å². The number of benzene rings is 1. The van der Waals surface area contributed by atoms with Crippen LogP contribution in [0.25, 0.3) is 0 Å². The van der Waals surface area contributed by atoms with Gasteiger partial charge in [0, 0.05) is 0 Å². The number of rotatable bonds is 7. The SMILES string of the molecule is CCC(C)C(NC(=O)COC(=O)c1cc(C)cc(C)c1)C(=O)OC. The lowest BCUT2D eigenvalue weighted by Crippen LogP contribution is -2.47. The van der Waals surface area contributed by atoms with E-state index in [-0.39, 0.29) is 5.92 Å². The Hall–Kier alpha value is -2.37. The molecule has 0 spiro atoms. The van der Waals surface area contributed by atoms with Gasteiger partial charge in [0.15, 0.2) is 6.61 Å². The summed E-state index contributed by atoms with van der Waals surface area (Å²) in [5, 5.41) is 2.56. The fraction of sp³-hybridized carbons (Fsp3) is 0.500. The first-order valence-electron chi connectivity index (χ1n) is 7.91. The van der Waals surface area contributed by atoms with Gasteiger partial charge in [-0.2, -0.15) is 0 Å². The summed E-state index contributed by atoms with van der Waals surface area (Å²) in [6.07, 6.45) is 0.697. The first-order chi connectivity index (χ1) is 11.3. The molecular formula is C18H25NO5. The van der Waals surface area contributed by atoms with Crippen molar-refractivity contribution in [1.29, 1.82) is 0 Å². The first kappa shape index (κ1) is 19.7. The zero-order chi connectivity index (χ0) is 18.3. The van der Waals surface area contributed by atoms with E-state index in [0.717, 1.165) is 11.1 Å². The molecule has 2 unspecified atom stereocenters. The highest BCUT2D eigenvalue weighted by molar-refractivity contribution is 5.92. The van der Waals surface area contributed by atoms with Crippen LogP contribution in [-0.2, 0) is 19.1 Å². The van der Waals surface area contributed by atoms with E-state index in [9.17, 15) is 14.4 Å². The molecule has 0 aliphatic heterocycles. The maximum atomic E-state index is 12.0. The average Bonchev–Trinajstić information content (AvgIpc) is 2.55. The molecule has 1 N–H and O–H groups in total. The summed E-state index contributed by atoms with van der Waals surface area (Å²) in [6, 6.07) is 4.58. The Kier molecular flexibility index (Phi) is 7.42. The molecule has 0 saturated heterocycles. The van der Waals surface area contributed by atoms with Gasteiger partial charge in [-0.25, -0.2) is 9.59 Å². The fourth-order valence-electron chi connectivity index (χ4n) is 2.32. The lowest BCUT2D eigenvalue weighted by atomic mass is 9.99. The number of methoxy groups -OCH3 is 1. The summed E-state index contributed by atoms with van der Waals surface area (Å²) in [4.78, 5) is 35.7. The molecule has 6 heteroatoms. The molecule has 1 rings (SSSR count). The molecule has 1 aromatic rings. The first-order valence-corrected chi connectivity index (χ1v) is 7.91. The predicted molar refractivity (Wildman–Crippen MR) is 89.6 cm³/mol. The van der Waals surface area contributed by atoms with Gasteiger partial charge in [-0.05, 0) is 31.9 Å². The monoisotopic (exact) mass is 335 g/mol. The van der Waals surface area contributed by atoms with Gasteiger partial charge in [0.25, 0.3) is 5.91 Å². The number of hydrogen-bond acceptors (Lipinski definition) is 5. The van der Waals surface area contributed by atoms with E-state index in [1.807, 2.05) is 33.8 Å². The molecule has 6 nitrogen and oxygen atoms in total. The second kappa shape index (κ2) is 9.05. The molecule has 0 aliphatic carbocycles. The topological polar surface area (TPSA) is 81.7 Å². The number of nitrogens with one attached hydrogen (secondary N) is 1. The number of amides is 1. The Labute approximate surface area is 142 Å². The summed E-state index contributed by atoms with van der Waals surface area (Å²) >= 11 is 0. The van der Waals surface area contributed by atoms with Crippen LogP contribution in [0.3, 0.4) is 0 Å². The number of hydrogen-bond donors (Lipinski definition) is 1. The van der Waals surface area contributed by atoms with Crippen molar-refractivity contribution in [2.24, 2.45) is 5.92 Å². The summed E-state index contributed by atoms with van der Waals surface area (Å²) in [5.74, 6) is -1.71. The largest absolute Gasteiger partial charge is 0.467 e. The smallest absolute Gasteiger partial charge is 0.338 e. The number of carbonyl (C=O) groups excluding carboxylic acids is 3. The van der Waals surface area contributed by atoms with Crippen molar-refractivity contribution in [3.63, 3.8) is 0 Å². The lowest BCUT2D eigenvalue weighted by Gasteiger charge is -2.21. The van der Waals surface area contributed by atoms with Gasteiger partial charge in [0.2, 0.25) is 0 Å². The number of carbonyl (C=O) groups is 3. The second-order valence-electron chi connectivity index (χ2n) is 5.91. The third kappa shape index (κ3) is 5.68. The molecule has 1 amide bonds. The van der Waals surface area contributed by atoms with E-state index >= 15 is 0 Å². The maximum absolute atomic E-state index is 12.0. The standard InChI is InChI=1S/C18H25NO5/c1-6-13(4)16(18(22)23-5)19-15(20)10-24-17(21)14-8-11(2)7-12(3)9-14/h7-9,13,16H,6,10H2,1-5H3,(H,19,20). The summed E-state index contributed by atoms with van der Waals surface area (Å²) in [5.41, 5.74) is 2.27. The van der Waals surface area contributed by atoms with Gasteiger partial charge >= 0.3 is 11.9 Å². The van der Waals surface area contributed by atoms with Gasteiger partial charge in [-0.1, -0.05) is 37.5 Å². The normalized spacial score (nSPS) is 12.9. The number of ether oxygens (including phenoxy) is 2. The number of aryl methyl sites for hydroxylation is 2. The van der Waals surface area contributed by atoms with Crippen LogP contribution in [0.1, 0.15) is 41.8 Å². The van der Waals surface area contributed by atoms with E-state index in [1.54, 1.807) is 12.1 Å². The van der Waals surface area contributed by atoms with Gasteiger partial charge < -0.3 is 14.8 Å². The third-order valence-electron chi connectivity index (χ3n) is 3.78. The Morgan fingerprint density at radius 3 is 2.21 bits per heavy atom. The van der Waals surface area contributed by atoms with Gasteiger partial charge in [0.1, 0.15) is 6.04 Å². The average molecular weight is 335 g/mol. The van der Waals surface area contributed by atoms with Crippen molar-refractivity contribution in [2.45, 2.75) is 40.2 Å². The van der Waals surface area contributed by atoms with Crippen molar-refractivity contribution in [3.05, 3.63) is 34.9 Å². The minimum absolute atomic E-state index is 0.0866. The predicted octanol–water partition coefficient (Wildman–Crippen LogP) is 2.16. The minimum atomic E-state index is -0.757. The van der Waals surface area contributed by atoms with Crippen molar-refractivity contribution < 1.29 is 23.9 Å². The highest BCUT2D eigenvalue weighted by Crippen LogP contribution is 2.11. The Balaban J connectivity index is 2.64. The molecule has 24 heavy (non-hydrogen) atoms. The highest BCUT2D eigenvalue weighted by Gasteiger charge is 2.27. The van der Waals surface area contributed by atoms with Crippen LogP contribution < -0.4 is 5.32 Å². The Morgan fingerprint density at radius 1 is 1.12 bits per heavy atom. The maximum Gasteiger partial charge on any atom is 0.338 e. The van der Waals surface area contributed by atoms with Gasteiger partial charge in [0.05, 0.1) is 12.7 Å². The quantitative estimate of drug-likeness (QED) is 0.772. The third-order valence-corrected chi connectivity index (χ3v) is 3.78. The molecule has 0 aliphatic rings. The van der Waals surface area contributed by atoms with Crippen LogP contribution in [0.4, 0.5) is 0 Å². The summed E-state index contributed by atoms with van der Waals surface area (Å²) < 4.78 is 9.72. The minimum Gasteiger partial charge on any atom is -0.467 e. The van der Waals surface area contributed by atoms with Crippen LogP contribution in [0.2, 0.25) is 0 Å². The number of esters is 2. The van der Waals surface area contributed by atoms with Crippen LogP contribution >= 0.6 is 0 Å². The van der Waals surface area contributed by atoms with Crippen molar-refractivity contribution in [1.82, 2.24) is 5.32 Å². The van der Waals surface area contributed by atoms with E-state index in [0.29, 0.717) is 12.0 Å². The molecule has 0 saturated carbocycles. The van der Waals surface area contributed by atoms with E-state index in [1.165, 1.54) is 7.11 Å². The van der Waals surface area contributed by atoms with Crippen LogP contribution in [-0.4, -0.2) is 37.6 Å². The molecule has 132 valence electrons. The fourth-order valence-corrected chi connectivity index (χ4v) is 2.32. The summed E-state index contributed by atoms with van der Waals surface area (Å²) in [6.45, 7) is 7.05. The second-order valence-corrected chi connectivity index (χ2v) is 5.91. The van der Waals surface area contributed by atoms with E-state index in [4.69, 9.17) is 9.47 Å². The lowest BCUT2D eigenvalue weighted by molar-refractivity contribution is -0.147. The molecular weight excluding hydrogens is 310 g/mol. The zero-order valence-corrected chi connectivity index (χ0v) is 14.8. The van der Waals surface area contributed by atoms with Gasteiger partial charge in [-0.3, -0.25) is 4.79 Å². The zero-order valence-electron chi connectivity index (χ0n) is 14.8. The molecule has 0 heterocycles. The van der Waals surface area contributed by atoms with E-state index in [2.05, 4.69) is 5.32 Å². The van der Waals surface area contributed by atoms with E-state index < -0.39 is 30.5 Å². The van der Waals surface area contributed by atoms with Crippen molar-refractivity contribution in [3.8, 4) is 0 Å². The van der Waals surface area contributed by atoms with Crippen LogP contribution in [0, 0.1) is 19.8 Å². The Morgan fingerprint density at radius 2 is 1.71 bits per heavy atom. The molecule has 0 radical (unpaired) electrons. The molecule has 0 aromatic heterocycles. The molecule has 0 fully saturated rings. The molecule has 1 aromatic carbocycles. The van der Waals surface area contributed by atoms with Crippen LogP contribution in [0.15, 0.2) is 18.2 Å². The van der Waals surface area contributed by atoms with Gasteiger partial charge in [-0.15, -0.1) is 0 Å². The molecule has 2 atom stereocenters. The summed E-state index contributed by atoms with van der Waals surface area (Å²) in [7, 11) is 1.27. The Bertz CT molecular complexity index is 591. The molecule has 0 bridgehead atoms. The van der Waals surface area contributed by atoms with Crippen LogP contribution in [0.5, 0.6) is 0 Å². The highest BCUT2D eigenvalue weighted by atomic mass is 16.5.